The van der Waals surface area contributed by atoms with Gasteiger partial charge in [-0.3, -0.25) is 0 Å². The molecular weight excluding hydrogens is 168 g/mol. The van der Waals surface area contributed by atoms with Crippen molar-refractivity contribution < 1.29 is 15.0 Å². The molecular formula is C10H8O3. The minimum absolute atomic E-state index is 0.325. The lowest BCUT2D eigenvalue weighted by atomic mass is 10.1. The number of carbonyl (C=O) groups is 1. The Morgan fingerprint density at radius 1 is 1.38 bits per heavy atom. The molecule has 13 heavy (non-hydrogen) atoms. The maximum atomic E-state index is 10.4. The molecule has 0 radical (unpaired) electrons. The number of hydrogen-bond acceptors (Lipinski definition) is 2. The molecule has 0 aliphatic heterocycles. The van der Waals surface area contributed by atoms with Crippen LogP contribution in [0.3, 0.4) is 0 Å². The van der Waals surface area contributed by atoms with E-state index >= 15 is 0 Å². The predicted octanol–water partition coefficient (Wildman–Crippen LogP) is 0.786. The summed E-state index contributed by atoms with van der Waals surface area (Å²) < 4.78 is 0. The normalized spacial score (nSPS) is 11.7. The summed E-state index contributed by atoms with van der Waals surface area (Å²) in [4.78, 5) is 10.4. The van der Waals surface area contributed by atoms with Crippen LogP contribution in [0.2, 0.25) is 0 Å². The SMILES string of the molecule is C#Cc1ccc(C(O)C(=O)O)cc1. The number of benzene rings is 1. The van der Waals surface area contributed by atoms with Gasteiger partial charge in [0, 0.05) is 5.56 Å². The van der Waals surface area contributed by atoms with Crippen LogP contribution in [0.15, 0.2) is 24.3 Å². The largest absolute Gasteiger partial charge is 0.479 e. The van der Waals surface area contributed by atoms with Crippen LogP contribution in [0.4, 0.5) is 0 Å². The Kier molecular flexibility index (Phi) is 2.68. The van der Waals surface area contributed by atoms with Crippen molar-refractivity contribution in [3.05, 3.63) is 35.4 Å². The zero-order chi connectivity index (χ0) is 9.84. The Morgan fingerprint density at radius 2 is 1.92 bits per heavy atom. The number of carboxylic acids is 1. The Hall–Kier alpha value is -1.79. The third-order valence-corrected chi connectivity index (χ3v) is 1.63. The standard InChI is InChI=1S/C10H8O3/c1-2-7-3-5-8(6-4-7)9(11)10(12)13/h1,3-6,9,11H,(H,12,13). The molecule has 0 aromatic heterocycles. The lowest BCUT2D eigenvalue weighted by Crippen LogP contribution is -2.10. The number of aliphatic hydroxyl groups excluding tert-OH is 1. The molecule has 0 amide bonds. The number of aliphatic carboxylic acids is 1. The van der Waals surface area contributed by atoms with E-state index in [-0.39, 0.29) is 0 Å². The molecule has 0 aliphatic carbocycles. The van der Waals surface area contributed by atoms with E-state index in [9.17, 15) is 4.79 Å². The van der Waals surface area contributed by atoms with Crippen molar-refractivity contribution in [2.45, 2.75) is 6.10 Å². The molecule has 3 heteroatoms. The average molecular weight is 176 g/mol. The van der Waals surface area contributed by atoms with E-state index in [1.165, 1.54) is 12.1 Å². The topological polar surface area (TPSA) is 57.5 Å². The summed E-state index contributed by atoms with van der Waals surface area (Å²) in [6.45, 7) is 0. The van der Waals surface area contributed by atoms with Crippen LogP contribution in [0.1, 0.15) is 17.2 Å². The van der Waals surface area contributed by atoms with Gasteiger partial charge in [0.25, 0.3) is 0 Å². The first-order valence-electron chi connectivity index (χ1n) is 3.62. The van der Waals surface area contributed by atoms with Gasteiger partial charge in [0.1, 0.15) is 0 Å². The second-order valence-corrected chi connectivity index (χ2v) is 2.51. The number of rotatable bonds is 2. The van der Waals surface area contributed by atoms with Crippen LogP contribution in [-0.4, -0.2) is 16.2 Å². The molecule has 3 nitrogen and oxygen atoms in total. The minimum atomic E-state index is -1.48. The summed E-state index contributed by atoms with van der Waals surface area (Å²) in [5.41, 5.74) is 0.979. The first-order chi connectivity index (χ1) is 6.15. The highest BCUT2D eigenvalue weighted by Gasteiger charge is 2.14. The summed E-state index contributed by atoms with van der Waals surface area (Å²) in [5, 5.41) is 17.6. The maximum Gasteiger partial charge on any atom is 0.337 e. The summed E-state index contributed by atoms with van der Waals surface area (Å²) in [5.74, 6) is 1.12. The van der Waals surface area contributed by atoms with E-state index in [2.05, 4.69) is 5.92 Å². The summed E-state index contributed by atoms with van der Waals surface area (Å²) in [6.07, 6.45) is 3.63. The van der Waals surface area contributed by atoms with E-state index in [0.717, 1.165) is 0 Å². The molecule has 0 heterocycles. The fourth-order valence-corrected chi connectivity index (χ4v) is 0.904. The molecule has 66 valence electrons. The zero-order valence-electron chi connectivity index (χ0n) is 6.77. The second kappa shape index (κ2) is 3.74. The highest BCUT2D eigenvalue weighted by Crippen LogP contribution is 2.13. The van der Waals surface area contributed by atoms with Crippen LogP contribution < -0.4 is 0 Å². The fraction of sp³-hybridized carbons (Fsp3) is 0.100. The van der Waals surface area contributed by atoms with Crippen LogP contribution >= 0.6 is 0 Å². The molecule has 0 saturated heterocycles. The Balaban J connectivity index is 2.93. The smallest absolute Gasteiger partial charge is 0.337 e. The summed E-state index contributed by atoms with van der Waals surface area (Å²) in [7, 11) is 0. The summed E-state index contributed by atoms with van der Waals surface area (Å²) >= 11 is 0. The van der Waals surface area contributed by atoms with Gasteiger partial charge < -0.3 is 10.2 Å². The van der Waals surface area contributed by atoms with Crippen molar-refractivity contribution in [1.29, 1.82) is 0 Å². The van der Waals surface area contributed by atoms with Crippen molar-refractivity contribution in [2.24, 2.45) is 0 Å². The third-order valence-electron chi connectivity index (χ3n) is 1.63. The Labute approximate surface area is 75.6 Å². The van der Waals surface area contributed by atoms with Crippen LogP contribution in [-0.2, 0) is 4.79 Å². The van der Waals surface area contributed by atoms with Crippen molar-refractivity contribution in [3.8, 4) is 12.3 Å². The van der Waals surface area contributed by atoms with Gasteiger partial charge in [0.15, 0.2) is 6.10 Å². The van der Waals surface area contributed by atoms with Crippen LogP contribution in [0.25, 0.3) is 0 Å². The lowest BCUT2D eigenvalue weighted by Gasteiger charge is -2.04. The molecule has 2 N–H and O–H groups in total. The van der Waals surface area contributed by atoms with Gasteiger partial charge in [-0.2, -0.15) is 0 Å². The summed E-state index contributed by atoms with van der Waals surface area (Å²) in [6, 6.07) is 6.16. The van der Waals surface area contributed by atoms with Gasteiger partial charge in [-0.15, -0.1) is 6.42 Å². The van der Waals surface area contributed by atoms with Crippen molar-refractivity contribution in [3.63, 3.8) is 0 Å². The van der Waals surface area contributed by atoms with Crippen LogP contribution in [0.5, 0.6) is 0 Å². The molecule has 0 spiro atoms. The molecule has 1 aromatic rings. The number of hydrogen-bond donors (Lipinski definition) is 2. The van der Waals surface area contributed by atoms with E-state index in [0.29, 0.717) is 11.1 Å². The van der Waals surface area contributed by atoms with Crippen molar-refractivity contribution >= 4 is 5.97 Å². The third kappa shape index (κ3) is 2.08. The molecule has 0 aliphatic rings. The minimum Gasteiger partial charge on any atom is -0.479 e. The van der Waals surface area contributed by atoms with Crippen LogP contribution in [0, 0.1) is 12.3 Å². The van der Waals surface area contributed by atoms with Crippen molar-refractivity contribution in [2.75, 3.05) is 0 Å². The monoisotopic (exact) mass is 176 g/mol. The van der Waals surface area contributed by atoms with E-state index in [4.69, 9.17) is 16.6 Å². The first-order valence-corrected chi connectivity index (χ1v) is 3.62. The van der Waals surface area contributed by atoms with Gasteiger partial charge in [-0.05, 0) is 17.7 Å². The van der Waals surface area contributed by atoms with Gasteiger partial charge in [-0.25, -0.2) is 4.79 Å². The molecule has 1 unspecified atom stereocenters. The molecule has 1 atom stereocenters. The van der Waals surface area contributed by atoms with E-state index < -0.39 is 12.1 Å². The highest BCUT2D eigenvalue weighted by atomic mass is 16.4. The van der Waals surface area contributed by atoms with Crippen molar-refractivity contribution in [1.82, 2.24) is 0 Å². The number of terminal acetylenes is 1. The second-order valence-electron chi connectivity index (χ2n) is 2.51. The zero-order valence-corrected chi connectivity index (χ0v) is 6.77. The molecule has 1 rings (SSSR count). The molecule has 1 aromatic carbocycles. The Morgan fingerprint density at radius 3 is 2.31 bits per heavy atom. The fourth-order valence-electron chi connectivity index (χ4n) is 0.904. The maximum absolute atomic E-state index is 10.4. The quantitative estimate of drug-likeness (QED) is 0.655. The van der Waals surface area contributed by atoms with Gasteiger partial charge in [0.2, 0.25) is 0 Å². The first kappa shape index (κ1) is 9.30. The molecule has 0 saturated carbocycles. The highest BCUT2D eigenvalue weighted by molar-refractivity contribution is 5.74. The van der Waals surface area contributed by atoms with Gasteiger partial charge >= 0.3 is 5.97 Å². The predicted molar refractivity (Wildman–Crippen MR) is 47.0 cm³/mol. The van der Waals surface area contributed by atoms with E-state index in [1.54, 1.807) is 12.1 Å². The number of aliphatic hydroxyl groups is 1. The van der Waals surface area contributed by atoms with E-state index in [1.807, 2.05) is 0 Å². The molecule has 0 bridgehead atoms. The van der Waals surface area contributed by atoms with Gasteiger partial charge in [-0.1, -0.05) is 18.1 Å². The molecule has 0 fully saturated rings. The number of carboxylic acid groups (broad SMARTS) is 1. The van der Waals surface area contributed by atoms with Gasteiger partial charge in [0.05, 0.1) is 0 Å². The average Bonchev–Trinajstić information content (AvgIpc) is 2.17. The Bertz CT molecular complexity index is 345. The lowest BCUT2D eigenvalue weighted by molar-refractivity contribution is -0.146.